The van der Waals surface area contributed by atoms with Crippen molar-refractivity contribution in [3.63, 3.8) is 0 Å². The Morgan fingerprint density at radius 3 is 2.59 bits per heavy atom. The molecule has 0 atom stereocenters. The number of halogens is 2. The normalized spacial score (nSPS) is 15.5. The maximum atomic E-state index is 13.5. The highest BCUT2D eigenvalue weighted by Gasteiger charge is 2.24. The van der Waals surface area contributed by atoms with Crippen LogP contribution in [0.25, 0.3) is 0 Å². The van der Waals surface area contributed by atoms with Crippen LogP contribution in [0.2, 0.25) is 5.02 Å². The Morgan fingerprint density at radius 1 is 1.19 bits per heavy atom. The molecular formula is C20H20ClFN2O3. The Labute approximate surface area is 161 Å². The first-order valence-corrected chi connectivity index (χ1v) is 9.10. The van der Waals surface area contributed by atoms with E-state index in [0.29, 0.717) is 25.1 Å². The van der Waals surface area contributed by atoms with E-state index < -0.39 is 17.7 Å². The van der Waals surface area contributed by atoms with Gasteiger partial charge in [-0.3, -0.25) is 14.5 Å². The second-order valence-electron chi connectivity index (χ2n) is 6.67. The van der Waals surface area contributed by atoms with Gasteiger partial charge >= 0.3 is 5.97 Å². The number of carbonyl (C=O) groups excluding carboxylic acids is 1. The van der Waals surface area contributed by atoms with Crippen molar-refractivity contribution in [3.05, 3.63) is 64.4 Å². The third-order valence-electron chi connectivity index (χ3n) is 4.71. The number of hydrogen-bond acceptors (Lipinski definition) is 3. The zero-order valence-corrected chi connectivity index (χ0v) is 15.4. The maximum Gasteiger partial charge on any atom is 0.306 e. The smallest absolute Gasteiger partial charge is 0.306 e. The third-order valence-corrected chi connectivity index (χ3v) is 5.02. The van der Waals surface area contributed by atoms with Crippen molar-refractivity contribution >= 4 is 29.2 Å². The zero-order chi connectivity index (χ0) is 19.4. The molecule has 2 N–H and O–H groups in total. The molecule has 1 aliphatic heterocycles. The Morgan fingerprint density at radius 2 is 1.93 bits per heavy atom. The lowest BCUT2D eigenvalue weighted by Crippen LogP contribution is -2.35. The molecule has 3 rings (SSSR count). The summed E-state index contributed by atoms with van der Waals surface area (Å²) >= 11 is 5.64. The molecule has 7 heteroatoms. The fourth-order valence-corrected chi connectivity index (χ4v) is 3.30. The van der Waals surface area contributed by atoms with Crippen LogP contribution in [0, 0.1) is 11.7 Å². The Kier molecular flexibility index (Phi) is 6.08. The number of nitrogens with one attached hydrogen (secondary N) is 1. The predicted octanol–water partition coefficient (Wildman–Crippen LogP) is 4.03. The van der Waals surface area contributed by atoms with Crippen LogP contribution >= 0.6 is 11.6 Å². The van der Waals surface area contributed by atoms with Crippen LogP contribution in [0.5, 0.6) is 0 Å². The molecule has 0 aliphatic carbocycles. The first-order chi connectivity index (χ1) is 12.9. The largest absolute Gasteiger partial charge is 0.481 e. The summed E-state index contributed by atoms with van der Waals surface area (Å²) in [7, 11) is 0. The summed E-state index contributed by atoms with van der Waals surface area (Å²) in [6, 6.07) is 11.4. The van der Waals surface area contributed by atoms with Crippen LogP contribution < -0.4 is 5.32 Å². The van der Waals surface area contributed by atoms with Crippen LogP contribution in [-0.2, 0) is 11.3 Å². The summed E-state index contributed by atoms with van der Waals surface area (Å²) in [5, 5.41) is 11.8. The molecule has 5 nitrogen and oxygen atoms in total. The van der Waals surface area contributed by atoms with Crippen molar-refractivity contribution in [3.8, 4) is 0 Å². The molecule has 27 heavy (non-hydrogen) atoms. The fraction of sp³-hybridized carbons (Fsp3) is 0.300. The van der Waals surface area contributed by atoms with E-state index in [0.717, 1.165) is 24.7 Å². The highest BCUT2D eigenvalue weighted by atomic mass is 35.5. The van der Waals surface area contributed by atoms with E-state index in [-0.39, 0.29) is 16.5 Å². The summed E-state index contributed by atoms with van der Waals surface area (Å²) in [4.78, 5) is 25.5. The van der Waals surface area contributed by atoms with Crippen molar-refractivity contribution < 1.29 is 19.1 Å². The molecule has 0 unspecified atom stereocenters. The number of piperidine rings is 1. The number of benzene rings is 2. The van der Waals surface area contributed by atoms with Crippen molar-refractivity contribution in [1.29, 1.82) is 0 Å². The summed E-state index contributed by atoms with van der Waals surface area (Å²) in [6.45, 7) is 2.15. The Hall–Kier alpha value is -2.44. The summed E-state index contributed by atoms with van der Waals surface area (Å²) in [5.74, 6) is -2.03. The van der Waals surface area contributed by atoms with Crippen LogP contribution in [0.15, 0.2) is 42.5 Å². The summed E-state index contributed by atoms with van der Waals surface area (Å²) < 4.78 is 13.5. The van der Waals surface area contributed by atoms with Crippen molar-refractivity contribution in [2.75, 3.05) is 18.4 Å². The highest BCUT2D eigenvalue weighted by molar-refractivity contribution is 6.30. The SMILES string of the molecule is O=C(Nc1cccc(CN2CCC(C(=O)O)CC2)c1)c1ccc(Cl)c(F)c1. The molecule has 2 aromatic carbocycles. The van der Waals surface area contributed by atoms with Gasteiger partial charge in [-0.1, -0.05) is 23.7 Å². The van der Waals surface area contributed by atoms with Gasteiger partial charge in [0, 0.05) is 17.8 Å². The van der Waals surface area contributed by atoms with Crippen LogP contribution in [0.4, 0.5) is 10.1 Å². The predicted molar refractivity (Wildman–Crippen MR) is 101 cm³/mol. The molecule has 1 amide bonds. The minimum absolute atomic E-state index is 0.0276. The van der Waals surface area contributed by atoms with Gasteiger partial charge in [0.15, 0.2) is 0 Å². The van der Waals surface area contributed by atoms with Crippen LogP contribution in [0.3, 0.4) is 0 Å². The van der Waals surface area contributed by atoms with E-state index in [1.807, 2.05) is 18.2 Å². The van der Waals surface area contributed by atoms with Crippen LogP contribution in [-0.4, -0.2) is 35.0 Å². The van der Waals surface area contributed by atoms with E-state index in [9.17, 15) is 14.0 Å². The van der Waals surface area contributed by atoms with Gasteiger partial charge in [-0.2, -0.15) is 0 Å². The van der Waals surface area contributed by atoms with Gasteiger partial charge in [-0.05, 0) is 61.8 Å². The molecule has 0 radical (unpaired) electrons. The fourth-order valence-electron chi connectivity index (χ4n) is 3.18. The minimum Gasteiger partial charge on any atom is -0.481 e. The Bertz CT molecular complexity index is 851. The zero-order valence-electron chi connectivity index (χ0n) is 14.6. The molecule has 1 fully saturated rings. The standard InChI is InChI=1S/C20H20ClFN2O3/c21-17-5-4-15(11-18(17)22)19(25)23-16-3-1-2-13(10-16)12-24-8-6-14(7-9-24)20(26)27/h1-5,10-11,14H,6-9,12H2,(H,23,25)(H,26,27). The number of aliphatic carboxylic acids is 1. The van der Waals surface area contributed by atoms with Gasteiger partial charge in [-0.15, -0.1) is 0 Å². The van der Waals surface area contributed by atoms with Crippen molar-refractivity contribution in [2.24, 2.45) is 5.92 Å². The number of carboxylic acids is 1. The average Bonchev–Trinajstić information content (AvgIpc) is 2.64. The van der Waals surface area contributed by atoms with Gasteiger partial charge in [-0.25, -0.2) is 4.39 Å². The van der Waals surface area contributed by atoms with E-state index in [4.69, 9.17) is 16.7 Å². The number of likely N-dealkylation sites (tertiary alicyclic amines) is 1. The monoisotopic (exact) mass is 390 g/mol. The third kappa shape index (κ3) is 5.05. The summed E-state index contributed by atoms with van der Waals surface area (Å²) in [6.07, 6.45) is 1.29. The first-order valence-electron chi connectivity index (χ1n) is 8.73. The van der Waals surface area contributed by atoms with E-state index in [1.165, 1.54) is 12.1 Å². The van der Waals surface area contributed by atoms with Crippen LogP contribution in [0.1, 0.15) is 28.8 Å². The first kappa shape index (κ1) is 19.3. The lowest BCUT2D eigenvalue weighted by atomic mass is 9.97. The molecule has 0 bridgehead atoms. The molecule has 1 heterocycles. The summed E-state index contributed by atoms with van der Waals surface area (Å²) in [5.41, 5.74) is 1.83. The van der Waals surface area contributed by atoms with E-state index >= 15 is 0 Å². The molecule has 142 valence electrons. The number of anilines is 1. The number of hydrogen-bond donors (Lipinski definition) is 2. The topological polar surface area (TPSA) is 69.6 Å². The van der Waals surface area contributed by atoms with E-state index in [2.05, 4.69) is 10.2 Å². The van der Waals surface area contributed by atoms with Gasteiger partial charge in [0.2, 0.25) is 0 Å². The number of carbonyl (C=O) groups is 2. The second kappa shape index (κ2) is 8.50. The van der Waals surface area contributed by atoms with Crippen molar-refractivity contribution in [2.45, 2.75) is 19.4 Å². The molecule has 0 aromatic heterocycles. The number of rotatable bonds is 5. The van der Waals surface area contributed by atoms with Gasteiger partial charge in [0.1, 0.15) is 5.82 Å². The molecular weight excluding hydrogens is 371 g/mol. The van der Waals surface area contributed by atoms with Gasteiger partial charge in [0.05, 0.1) is 10.9 Å². The van der Waals surface area contributed by atoms with Crippen molar-refractivity contribution in [1.82, 2.24) is 4.90 Å². The average molecular weight is 391 g/mol. The lowest BCUT2D eigenvalue weighted by Gasteiger charge is -2.30. The lowest BCUT2D eigenvalue weighted by molar-refractivity contribution is -0.143. The quantitative estimate of drug-likeness (QED) is 0.808. The molecule has 1 aliphatic rings. The molecule has 1 saturated heterocycles. The molecule has 0 spiro atoms. The number of carboxylic acid groups (broad SMARTS) is 1. The highest BCUT2D eigenvalue weighted by Crippen LogP contribution is 2.21. The van der Waals surface area contributed by atoms with Gasteiger partial charge in [0.25, 0.3) is 5.91 Å². The number of amides is 1. The Balaban J connectivity index is 1.61. The molecule has 2 aromatic rings. The second-order valence-corrected chi connectivity index (χ2v) is 7.08. The minimum atomic E-state index is -0.724. The van der Waals surface area contributed by atoms with E-state index in [1.54, 1.807) is 6.07 Å². The molecule has 0 saturated carbocycles. The number of nitrogens with zero attached hydrogens (tertiary/aromatic N) is 1. The van der Waals surface area contributed by atoms with Gasteiger partial charge < -0.3 is 10.4 Å². The maximum absolute atomic E-state index is 13.5.